The summed E-state index contributed by atoms with van der Waals surface area (Å²) < 4.78 is 59.7. The van der Waals surface area contributed by atoms with Gasteiger partial charge < -0.3 is 15.8 Å². The third-order valence-corrected chi connectivity index (χ3v) is 6.33. The SMILES string of the molecule is NC1=NC2(c3cc(NC(=O)c4ccccn4)ccc3F)CO[C@@H](C(F)(F)F)CC2CS1. The number of aliphatic imine (C=N–C) groups is 1. The van der Waals surface area contributed by atoms with E-state index in [1.165, 1.54) is 24.4 Å². The molecule has 2 aromatic rings. The molecule has 6 nitrogen and oxygen atoms in total. The largest absolute Gasteiger partial charge is 0.414 e. The molecule has 4 rings (SSSR count). The molecule has 1 aromatic heterocycles. The van der Waals surface area contributed by atoms with Gasteiger partial charge in [0.15, 0.2) is 11.3 Å². The van der Waals surface area contributed by atoms with E-state index in [-0.39, 0.29) is 34.3 Å². The number of fused-ring (bicyclic) bond motifs is 1. The van der Waals surface area contributed by atoms with Crippen molar-refractivity contribution >= 4 is 28.5 Å². The van der Waals surface area contributed by atoms with Crippen LogP contribution in [0.3, 0.4) is 0 Å². The van der Waals surface area contributed by atoms with Crippen LogP contribution >= 0.6 is 11.8 Å². The van der Waals surface area contributed by atoms with Crippen LogP contribution in [-0.4, -0.2) is 40.7 Å². The van der Waals surface area contributed by atoms with Crippen LogP contribution in [0.1, 0.15) is 22.5 Å². The van der Waals surface area contributed by atoms with Gasteiger partial charge in [-0.3, -0.25) is 9.78 Å². The number of nitrogens with zero attached hydrogens (tertiary/aromatic N) is 2. The van der Waals surface area contributed by atoms with Crippen LogP contribution in [0.25, 0.3) is 0 Å². The lowest BCUT2D eigenvalue weighted by molar-refractivity contribution is -0.245. The predicted molar refractivity (Wildman–Crippen MR) is 108 cm³/mol. The lowest BCUT2D eigenvalue weighted by Gasteiger charge is -2.46. The number of hydrogen-bond acceptors (Lipinski definition) is 6. The molecular weight excluding hydrogens is 436 g/mol. The highest BCUT2D eigenvalue weighted by Gasteiger charge is 2.55. The summed E-state index contributed by atoms with van der Waals surface area (Å²) in [5.74, 6) is -1.58. The number of benzene rings is 1. The molecule has 1 amide bonds. The fourth-order valence-electron chi connectivity index (χ4n) is 3.82. The first-order chi connectivity index (χ1) is 14.7. The van der Waals surface area contributed by atoms with Crippen LogP contribution in [0.15, 0.2) is 47.6 Å². The van der Waals surface area contributed by atoms with Crippen molar-refractivity contribution in [3.63, 3.8) is 0 Å². The molecule has 2 aliphatic rings. The first kappa shape index (κ1) is 21.6. The maximum absolute atomic E-state index is 14.9. The summed E-state index contributed by atoms with van der Waals surface area (Å²) in [6.45, 7) is -0.475. The van der Waals surface area contributed by atoms with E-state index in [4.69, 9.17) is 10.5 Å². The topological polar surface area (TPSA) is 89.6 Å². The average molecular weight is 454 g/mol. The van der Waals surface area contributed by atoms with E-state index in [1.807, 2.05) is 0 Å². The van der Waals surface area contributed by atoms with E-state index >= 15 is 0 Å². The molecule has 164 valence electrons. The molecule has 0 spiro atoms. The smallest absolute Gasteiger partial charge is 0.379 e. The summed E-state index contributed by atoms with van der Waals surface area (Å²) in [5, 5.41) is 2.77. The maximum Gasteiger partial charge on any atom is 0.414 e. The Labute approximate surface area is 179 Å². The van der Waals surface area contributed by atoms with Gasteiger partial charge in [-0.1, -0.05) is 17.8 Å². The van der Waals surface area contributed by atoms with Crippen molar-refractivity contribution in [3.05, 3.63) is 59.7 Å². The summed E-state index contributed by atoms with van der Waals surface area (Å²) in [6.07, 6.45) is -5.38. The molecule has 3 atom stereocenters. The summed E-state index contributed by atoms with van der Waals surface area (Å²) in [4.78, 5) is 20.7. The average Bonchev–Trinajstić information content (AvgIpc) is 2.74. The van der Waals surface area contributed by atoms with Crippen LogP contribution in [-0.2, 0) is 10.3 Å². The molecular formula is C20H18F4N4O2S. The Morgan fingerprint density at radius 3 is 2.81 bits per heavy atom. The number of carbonyl (C=O) groups is 1. The lowest BCUT2D eigenvalue weighted by atomic mass is 9.74. The predicted octanol–water partition coefficient (Wildman–Crippen LogP) is 3.70. The number of halogens is 4. The Balaban J connectivity index is 1.69. The quantitative estimate of drug-likeness (QED) is 0.691. The number of amidine groups is 1. The van der Waals surface area contributed by atoms with Gasteiger partial charge in [-0.2, -0.15) is 13.2 Å². The number of rotatable bonds is 3. The summed E-state index contributed by atoms with van der Waals surface area (Å²) >= 11 is 1.13. The number of carbonyl (C=O) groups excluding carboxylic acids is 1. The molecule has 1 saturated heterocycles. The van der Waals surface area contributed by atoms with Gasteiger partial charge in [-0.15, -0.1) is 0 Å². The first-order valence-corrected chi connectivity index (χ1v) is 10.4. The molecule has 3 N–H and O–H groups in total. The van der Waals surface area contributed by atoms with Crippen molar-refractivity contribution in [2.75, 3.05) is 17.7 Å². The van der Waals surface area contributed by atoms with Crippen LogP contribution in [0, 0.1) is 11.7 Å². The second kappa shape index (κ2) is 8.12. The van der Waals surface area contributed by atoms with Crippen molar-refractivity contribution in [1.82, 2.24) is 4.98 Å². The first-order valence-electron chi connectivity index (χ1n) is 9.38. The Kier molecular flexibility index (Phi) is 5.65. The van der Waals surface area contributed by atoms with Crippen LogP contribution < -0.4 is 11.1 Å². The van der Waals surface area contributed by atoms with Gasteiger partial charge in [0.05, 0.1) is 6.61 Å². The third-order valence-electron chi connectivity index (χ3n) is 5.37. The molecule has 3 heterocycles. The normalized spacial score (nSPS) is 26.0. The summed E-state index contributed by atoms with van der Waals surface area (Å²) in [5.41, 5.74) is 4.90. The highest BCUT2D eigenvalue weighted by molar-refractivity contribution is 8.13. The van der Waals surface area contributed by atoms with Crippen molar-refractivity contribution in [1.29, 1.82) is 0 Å². The van der Waals surface area contributed by atoms with Gasteiger partial charge in [-0.05, 0) is 36.8 Å². The van der Waals surface area contributed by atoms with Crippen LogP contribution in [0.5, 0.6) is 0 Å². The minimum Gasteiger partial charge on any atom is -0.379 e. The molecule has 11 heteroatoms. The monoisotopic (exact) mass is 454 g/mol. The number of anilines is 1. The fraction of sp³-hybridized carbons (Fsp3) is 0.350. The zero-order valence-electron chi connectivity index (χ0n) is 16.0. The second-order valence-corrected chi connectivity index (χ2v) is 8.36. The van der Waals surface area contributed by atoms with Gasteiger partial charge in [-0.25, -0.2) is 9.38 Å². The lowest BCUT2D eigenvalue weighted by Crippen LogP contribution is -2.53. The van der Waals surface area contributed by atoms with Crippen molar-refractivity contribution in [2.24, 2.45) is 16.6 Å². The molecule has 0 saturated carbocycles. The summed E-state index contributed by atoms with van der Waals surface area (Å²) in [6, 6.07) is 8.69. The fourth-order valence-corrected chi connectivity index (χ4v) is 4.84. The third kappa shape index (κ3) is 4.24. The highest BCUT2D eigenvalue weighted by Crippen LogP contribution is 2.49. The number of nitrogens with two attached hydrogens (primary N) is 1. The molecule has 31 heavy (non-hydrogen) atoms. The maximum atomic E-state index is 14.9. The molecule has 0 aliphatic carbocycles. The van der Waals surface area contributed by atoms with Gasteiger partial charge >= 0.3 is 6.18 Å². The van der Waals surface area contributed by atoms with Gasteiger partial charge in [0, 0.05) is 29.1 Å². The summed E-state index contributed by atoms with van der Waals surface area (Å²) in [7, 11) is 0. The zero-order valence-corrected chi connectivity index (χ0v) is 16.8. The number of nitrogens with one attached hydrogen (secondary N) is 1. The van der Waals surface area contributed by atoms with Gasteiger partial charge in [0.25, 0.3) is 5.91 Å². The number of amides is 1. The standard InChI is InChI=1S/C20H18F4N4O2S/c21-14-5-4-12(27-17(29)15-3-1-2-6-26-15)8-13(14)19-10-30-16(20(22,23)24)7-11(19)9-31-18(25)28-19/h1-6,8,11,16H,7,9-10H2,(H2,25,28)(H,27,29)/t11?,16-,19?/m1/s1. The Morgan fingerprint density at radius 1 is 1.29 bits per heavy atom. The molecule has 2 aliphatic heterocycles. The van der Waals surface area contributed by atoms with E-state index in [2.05, 4.69) is 15.3 Å². The van der Waals surface area contributed by atoms with Gasteiger partial charge in [0.2, 0.25) is 0 Å². The zero-order chi connectivity index (χ0) is 22.2. The van der Waals surface area contributed by atoms with Crippen molar-refractivity contribution in [2.45, 2.75) is 24.2 Å². The number of ether oxygens (including phenoxy) is 1. The molecule has 1 fully saturated rings. The van der Waals surface area contributed by atoms with E-state index < -0.39 is 42.1 Å². The van der Waals surface area contributed by atoms with E-state index in [9.17, 15) is 22.4 Å². The molecule has 2 unspecified atom stereocenters. The van der Waals surface area contributed by atoms with E-state index in [0.717, 1.165) is 17.8 Å². The number of hydrogen-bond donors (Lipinski definition) is 2. The second-order valence-electron chi connectivity index (χ2n) is 7.32. The number of thioether (sulfide) groups is 1. The molecule has 1 aromatic carbocycles. The van der Waals surface area contributed by atoms with Crippen molar-refractivity contribution in [3.8, 4) is 0 Å². The van der Waals surface area contributed by atoms with Crippen molar-refractivity contribution < 1.29 is 27.1 Å². The van der Waals surface area contributed by atoms with Crippen LogP contribution in [0.4, 0.5) is 23.2 Å². The number of aromatic nitrogens is 1. The number of pyridine rings is 1. The van der Waals surface area contributed by atoms with Crippen LogP contribution in [0.2, 0.25) is 0 Å². The van der Waals surface area contributed by atoms with E-state index in [1.54, 1.807) is 12.1 Å². The Morgan fingerprint density at radius 2 is 2.10 bits per heavy atom. The number of alkyl halides is 3. The Hall–Kier alpha value is -2.66. The molecule has 0 bridgehead atoms. The van der Waals surface area contributed by atoms with Gasteiger partial charge in [0.1, 0.15) is 17.1 Å². The highest BCUT2D eigenvalue weighted by atomic mass is 32.2. The Bertz CT molecular complexity index is 1020. The minimum absolute atomic E-state index is 0.0280. The minimum atomic E-state index is -4.53. The van der Waals surface area contributed by atoms with E-state index in [0.29, 0.717) is 0 Å². The molecule has 0 radical (unpaired) electrons.